The molecule has 2 N–H and O–H groups in total. The molecule has 5 rings (SSSR count). The summed E-state index contributed by atoms with van der Waals surface area (Å²) < 4.78 is 45.4. The summed E-state index contributed by atoms with van der Waals surface area (Å²) in [6, 6.07) is 21.6. The van der Waals surface area contributed by atoms with Crippen molar-refractivity contribution in [1.82, 2.24) is 10.4 Å². The molecule has 4 aromatic carbocycles. The van der Waals surface area contributed by atoms with E-state index in [1.165, 1.54) is 18.3 Å². The lowest BCUT2D eigenvalue weighted by Gasteiger charge is -2.10. The molecule has 218 valence electrons. The third-order valence-corrected chi connectivity index (χ3v) is 7.46. The van der Waals surface area contributed by atoms with Crippen molar-refractivity contribution in [2.75, 3.05) is 0 Å². The molecule has 1 amide bonds. The second kappa shape index (κ2) is 12.4. The lowest BCUT2D eigenvalue weighted by Crippen LogP contribution is -2.19. The number of aromatic nitrogens is 1. The van der Waals surface area contributed by atoms with Crippen molar-refractivity contribution in [3.63, 3.8) is 0 Å². The van der Waals surface area contributed by atoms with Gasteiger partial charge in [0.05, 0.1) is 17.3 Å². The molecule has 0 saturated heterocycles. The number of para-hydroxylation sites is 1. The summed E-state index contributed by atoms with van der Waals surface area (Å²) in [5.74, 6) is -1.50. The van der Waals surface area contributed by atoms with Gasteiger partial charge in [0.2, 0.25) is 0 Å². The van der Waals surface area contributed by atoms with Crippen LogP contribution >= 0.6 is 27.5 Å². The maximum absolute atomic E-state index is 13.5. The van der Waals surface area contributed by atoms with Gasteiger partial charge in [0, 0.05) is 37.1 Å². The number of nitrogens with zero attached hydrogens (tertiary/aromatic N) is 1. The van der Waals surface area contributed by atoms with Gasteiger partial charge in [0.25, 0.3) is 5.91 Å². The fourth-order valence-electron chi connectivity index (χ4n) is 4.60. The van der Waals surface area contributed by atoms with Gasteiger partial charge in [-0.25, -0.2) is 10.2 Å². The molecule has 1 aromatic heterocycles. The fourth-order valence-corrected chi connectivity index (χ4v) is 5.21. The molecule has 0 aliphatic rings. The second-order valence-corrected chi connectivity index (χ2v) is 10.7. The Morgan fingerprint density at radius 2 is 1.79 bits per heavy atom. The summed E-state index contributed by atoms with van der Waals surface area (Å²) in [5, 5.41) is 5.38. The molecule has 5 aromatic rings. The average molecular weight is 669 g/mol. The molecule has 1 heterocycles. The highest BCUT2D eigenvalue weighted by atomic mass is 79.9. The molecule has 0 aliphatic carbocycles. The zero-order valence-electron chi connectivity index (χ0n) is 22.4. The Morgan fingerprint density at radius 1 is 1.02 bits per heavy atom. The van der Waals surface area contributed by atoms with Gasteiger partial charge in [-0.2, -0.15) is 18.3 Å². The first-order chi connectivity index (χ1) is 20.6. The van der Waals surface area contributed by atoms with E-state index < -0.39 is 23.6 Å². The molecule has 0 radical (unpaired) electrons. The van der Waals surface area contributed by atoms with Crippen LogP contribution in [0.2, 0.25) is 5.02 Å². The molecule has 6 nitrogen and oxygen atoms in total. The van der Waals surface area contributed by atoms with Crippen molar-refractivity contribution in [3.8, 4) is 16.9 Å². The summed E-state index contributed by atoms with van der Waals surface area (Å²) in [6.45, 7) is 2.02. The number of fused-ring (bicyclic) bond motifs is 1. The van der Waals surface area contributed by atoms with Gasteiger partial charge in [-0.15, -0.1) is 0 Å². The van der Waals surface area contributed by atoms with Gasteiger partial charge in [0.15, 0.2) is 0 Å². The van der Waals surface area contributed by atoms with E-state index in [9.17, 15) is 22.8 Å². The van der Waals surface area contributed by atoms with Crippen LogP contribution in [0.3, 0.4) is 0 Å². The predicted molar refractivity (Wildman–Crippen MR) is 164 cm³/mol. The summed E-state index contributed by atoms with van der Waals surface area (Å²) in [5.41, 5.74) is 4.94. The third-order valence-electron chi connectivity index (χ3n) is 6.64. The number of carbonyl (C=O) groups excluding carboxylic acids is 2. The molecule has 0 spiro atoms. The van der Waals surface area contributed by atoms with E-state index in [1.54, 1.807) is 24.3 Å². The number of H-pyrrole nitrogens is 1. The van der Waals surface area contributed by atoms with E-state index in [0.717, 1.165) is 41.1 Å². The minimum atomic E-state index is -4.61. The normalized spacial score (nSPS) is 11.7. The van der Waals surface area contributed by atoms with E-state index in [4.69, 9.17) is 16.3 Å². The standard InChI is InChI=1S/C32H22BrClF3N3O3/c1-2-18-7-6-11-24-27(23-10-3-4-12-25(23)34)29(39-28(18)24)30(41)40-38-17-20-16-22(33)13-14-26(20)43-31(42)19-8-5-9-21(15-19)32(35,36)37/h3-17,39H,2H2,1H3,(H,40,41). The third kappa shape index (κ3) is 6.50. The number of amides is 1. The number of benzene rings is 4. The average Bonchev–Trinajstić information content (AvgIpc) is 3.38. The van der Waals surface area contributed by atoms with Gasteiger partial charge in [-0.05, 0) is 54.4 Å². The highest BCUT2D eigenvalue weighted by Gasteiger charge is 2.31. The first kappa shape index (κ1) is 30.1. The summed E-state index contributed by atoms with van der Waals surface area (Å²) in [4.78, 5) is 29.4. The van der Waals surface area contributed by atoms with E-state index in [2.05, 4.69) is 31.4 Å². The summed E-state index contributed by atoms with van der Waals surface area (Å²) in [6.07, 6.45) is -2.60. The first-order valence-electron chi connectivity index (χ1n) is 13.0. The topological polar surface area (TPSA) is 83.5 Å². The van der Waals surface area contributed by atoms with Crippen LogP contribution in [0.4, 0.5) is 13.2 Å². The van der Waals surface area contributed by atoms with E-state index in [0.29, 0.717) is 20.6 Å². The lowest BCUT2D eigenvalue weighted by atomic mass is 9.99. The van der Waals surface area contributed by atoms with Gasteiger partial charge >= 0.3 is 12.1 Å². The predicted octanol–water partition coefficient (Wildman–Crippen LogP) is 8.82. The Hall–Kier alpha value is -4.41. The van der Waals surface area contributed by atoms with E-state index >= 15 is 0 Å². The number of ether oxygens (including phenoxy) is 1. The van der Waals surface area contributed by atoms with Crippen molar-refractivity contribution in [1.29, 1.82) is 0 Å². The number of hydrogen-bond acceptors (Lipinski definition) is 4. The SMILES string of the molecule is CCc1cccc2c(-c3ccccc3Cl)c(C(=O)NN=Cc3cc(Br)ccc3OC(=O)c3cccc(C(F)(F)F)c3)[nH]c12. The summed E-state index contributed by atoms with van der Waals surface area (Å²) >= 11 is 9.86. The van der Waals surface area contributed by atoms with Crippen molar-refractivity contribution in [2.24, 2.45) is 5.10 Å². The van der Waals surface area contributed by atoms with Crippen LogP contribution in [0.25, 0.3) is 22.0 Å². The Labute approximate surface area is 257 Å². The molecule has 0 unspecified atom stereocenters. The Morgan fingerprint density at radius 3 is 2.53 bits per heavy atom. The molecule has 43 heavy (non-hydrogen) atoms. The number of esters is 1. The monoisotopic (exact) mass is 667 g/mol. The number of hydrazone groups is 1. The molecule has 0 saturated carbocycles. The van der Waals surface area contributed by atoms with Crippen molar-refractivity contribution in [3.05, 3.63) is 122 Å². The number of halogens is 5. The number of carbonyl (C=O) groups is 2. The maximum atomic E-state index is 13.5. The molecule has 0 fully saturated rings. The number of aryl methyl sites for hydroxylation is 1. The van der Waals surface area contributed by atoms with Crippen molar-refractivity contribution in [2.45, 2.75) is 19.5 Å². The van der Waals surface area contributed by atoms with Crippen LogP contribution in [0, 0.1) is 0 Å². The minimum absolute atomic E-state index is 0.0265. The highest BCUT2D eigenvalue weighted by Crippen LogP contribution is 2.38. The minimum Gasteiger partial charge on any atom is -0.422 e. The molecule has 0 aliphatic heterocycles. The van der Waals surface area contributed by atoms with Crippen LogP contribution in [0.5, 0.6) is 5.75 Å². The van der Waals surface area contributed by atoms with Crippen LogP contribution in [-0.2, 0) is 12.6 Å². The van der Waals surface area contributed by atoms with Crippen LogP contribution in [0.15, 0.2) is 94.5 Å². The summed E-state index contributed by atoms with van der Waals surface area (Å²) in [7, 11) is 0. The molecule has 11 heteroatoms. The molecular formula is C32H22BrClF3N3O3. The van der Waals surface area contributed by atoms with Gasteiger partial charge < -0.3 is 9.72 Å². The fraction of sp³-hybridized carbons (Fsp3) is 0.0938. The highest BCUT2D eigenvalue weighted by molar-refractivity contribution is 9.10. The number of alkyl halides is 3. The van der Waals surface area contributed by atoms with Crippen LogP contribution in [-0.4, -0.2) is 23.1 Å². The van der Waals surface area contributed by atoms with Gasteiger partial charge in [0.1, 0.15) is 11.4 Å². The molecule has 0 bridgehead atoms. The Bertz CT molecular complexity index is 1890. The molecule has 0 atom stereocenters. The zero-order valence-corrected chi connectivity index (χ0v) is 24.8. The van der Waals surface area contributed by atoms with Crippen molar-refractivity contribution < 1.29 is 27.5 Å². The zero-order chi connectivity index (χ0) is 30.7. The number of hydrogen-bond donors (Lipinski definition) is 2. The quantitative estimate of drug-likeness (QED) is 0.0787. The largest absolute Gasteiger partial charge is 0.422 e. The van der Waals surface area contributed by atoms with E-state index in [-0.39, 0.29) is 22.6 Å². The first-order valence-corrected chi connectivity index (χ1v) is 14.1. The van der Waals surface area contributed by atoms with Crippen LogP contribution in [0.1, 0.15) is 44.5 Å². The van der Waals surface area contributed by atoms with E-state index in [1.807, 2.05) is 37.3 Å². The maximum Gasteiger partial charge on any atom is 0.416 e. The smallest absolute Gasteiger partial charge is 0.416 e. The molecular weight excluding hydrogens is 647 g/mol. The Balaban J connectivity index is 1.43. The van der Waals surface area contributed by atoms with Crippen LogP contribution < -0.4 is 10.2 Å². The Kier molecular flexibility index (Phi) is 8.70. The van der Waals surface area contributed by atoms with Gasteiger partial charge in [-0.3, -0.25) is 4.79 Å². The van der Waals surface area contributed by atoms with Gasteiger partial charge in [-0.1, -0.05) is 76.9 Å². The number of rotatable bonds is 7. The number of aromatic amines is 1. The lowest BCUT2D eigenvalue weighted by molar-refractivity contribution is -0.137. The second-order valence-electron chi connectivity index (χ2n) is 9.40. The van der Waals surface area contributed by atoms with Crippen molar-refractivity contribution >= 4 is 56.5 Å². The number of nitrogens with one attached hydrogen (secondary N) is 2.